The van der Waals surface area contributed by atoms with E-state index in [4.69, 9.17) is 9.47 Å². The van der Waals surface area contributed by atoms with Gasteiger partial charge in [-0.25, -0.2) is 0 Å². The van der Waals surface area contributed by atoms with Crippen molar-refractivity contribution in [2.75, 3.05) is 14.2 Å². The summed E-state index contributed by atoms with van der Waals surface area (Å²) >= 11 is 0. The molecular formula is C17H24O5. The molecule has 0 aromatic carbocycles. The van der Waals surface area contributed by atoms with E-state index in [2.05, 4.69) is 0 Å². The number of carbonyl (C=O) groups is 3. The lowest BCUT2D eigenvalue weighted by Gasteiger charge is -2.53. The van der Waals surface area contributed by atoms with E-state index >= 15 is 0 Å². The van der Waals surface area contributed by atoms with Crippen molar-refractivity contribution < 1.29 is 23.9 Å². The molecule has 0 N–H and O–H groups in total. The lowest BCUT2D eigenvalue weighted by Crippen LogP contribution is -2.54. The van der Waals surface area contributed by atoms with Crippen molar-refractivity contribution in [2.24, 2.45) is 22.7 Å². The zero-order chi connectivity index (χ0) is 16.5. The van der Waals surface area contributed by atoms with Gasteiger partial charge in [0.1, 0.15) is 0 Å². The Morgan fingerprint density at radius 2 is 1.91 bits per heavy atom. The molecule has 0 saturated heterocycles. The van der Waals surface area contributed by atoms with Gasteiger partial charge in [0.15, 0.2) is 5.78 Å². The number of hydrogen-bond donors (Lipinski definition) is 0. The lowest BCUT2D eigenvalue weighted by molar-refractivity contribution is -0.166. The molecular weight excluding hydrogens is 284 g/mol. The van der Waals surface area contributed by atoms with Crippen LogP contribution in [-0.4, -0.2) is 31.9 Å². The van der Waals surface area contributed by atoms with Gasteiger partial charge in [0.2, 0.25) is 0 Å². The van der Waals surface area contributed by atoms with Crippen molar-refractivity contribution in [3.8, 4) is 0 Å². The van der Waals surface area contributed by atoms with Crippen LogP contribution < -0.4 is 0 Å². The van der Waals surface area contributed by atoms with Gasteiger partial charge in [0, 0.05) is 5.92 Å². The van der Waals surface area contributed by atoms with Crippen LogP contribution in [0.2, 0.25) is 0 Å². The highest BCUT2D eigenvalue weighted by atomic mass is 16.5. The third kappa shape index (κ3) is 2.46. The number of ketones is 1. The molecule has 0 aromatic rings. The molecule has 2 rings (SSSR count). The van der Waals surface area contributed by atoms with E-state index in [-0.39, 0.29) is 30.1 Å². The third-order valence-electron chi connectivity index (χ3n) is 5.65. The summed E-state index contributed by atoms with van der Waals surface area (Å²) in [6.45, 7) is 3.91. The third-order valence-corrected chi connectivity index (χ3v) is 5.65. The summed E-state index contributed by atoms with van der Waals surface area (Å²) in [5, 5.41) is 0. The molecule has 0 spiro atoms. The van der Waals surface area contributed by atoms with Gasteiger partial charge >= 0.3 is 11.9 Å². The summed E-state index contributed by atoms with van der Waals surface area (Å²) in [5.74, 6) is -1.26. The van der Waals surface area contributed by atoms with Crippen molar-refractivity contribution in [1.29, 1.82) is 0 Å². The number of allylic oxidation sites excluding steroid dienone is 2. The summed E-state index contributed by atoms with van der Waals surface area (Å²) in [6, 6.07) is 0. The van der Waals surface area contributed by atoms with Crippen LogP contribution in [0.1, 0.15) is 39.5 Å². The highest BCUT2D eigenvalue weighted by molar-refractivity contribution is 5.96. The first-order chi connectivity index (χ1) is 10.3. The first kappa shape index (κ1) is 16.7. The predicted octanol–water partition coefficient (Wildman–Crippen LogP) is 2.29. The number of fused-ring (bicyclic) bond motifs is 1. The molecule has 0 bridgehead atoms. The Morgan fingerprint density at radius 3 is 2.50 bits per heavy atom. The van der Waals surface area contributed by atoms with Crippen LogP contribution in [0.3, 0.4) is 0 Å². The quantitative estimate of drug-likeness (QED) is 0.748. The summed E-state index contributed by atoms with van der Waals surface area (Å²) in [7, 11) is 2.72. The number of hydrogen-bond acceptors (Lipinski definition) is 5. The summed E-state index contributed by atoms with van der Waals surface area (Å²) in [6.07, 6.45) is 5.78. The molecule has 0 unspecified atom stereocenters. The first-order valence-corrected chi connectivity index (χ1v) is 7.67. The largest absolute Gasteiger partial charge is 0.469 e. The van der Waals surface area contributed by atoms with E-state index in [0.29, 0.717) is 0 Å². The minimum Gasteiger partial charge on any atom is -0.469 e. The molecule has 122 valence electrons. The molecule has 0 amide bonds. The van der Waals surface area contributed by atoms with Crippen LogP contribution in [0.4, 0.5) is 0 Å². The van der Waals surface area contributed by atoms with Gasteiger partial charge < -0.3 is 9.47 Å². The van der Waals surface area contributed by atoms with Crippen molar-refractivity contribution in [3.05, 3.63) is 12.2 Å². The number of esters is 2. The molecule has 5 nitrogen and oxygen atoms in total. The van der Waals surface area contributed by atoms with E-state index in [1.807, 2.05) is 19.9 Å². The molecule has 2 aliphatic carbocycles. The van der Waals surface area contributed by atoms with Crippen molar-refractivity contribution >= 4 is 17.7 Å². The van der Waals surface area contributed by atoms with E-state index in [0.717, 1.165) is 19.3 Å². The number of rotatable bonds is 3. The summed E-state index contributed by atoms with van der Waals surface area (Å²) in [4.78, 5) is 36.4. The van der Waals surface area contributed by atoms with Crippen LogP contribution in [0.15, 0.2) is 12.2 Å². The van der Waals surface area contributed by atoms with Gasteiger partial charge in [0.05, 0.1) is 26.1 Å². The second-order valence-electron chi connectivity index (χ2n) is 6.84. The maximum absolute atomic E-state index is 12.3. The monoisotopic (exact) mass is 308 g/mol. The standard InChI is InChI=1S/C17H24O5/c1-16-8-5-9-17(2,15(20)22-4)13(16)7-6-12(18)11(16)10-14(19)21-3/h6-7,11,13H,5,8-10H2,1-4H3/t11-,13+,16+,17-/m0/s1. The maximum atomic E-state index is 12.3. The number of carbonyl (C=O) groups excluding carboxylic acids is 3. The Morgan fingerprint density at radius 1 is 1.23 bits per heavy atom. The zero-order valence-electron chi connectivity index (χ0n) is 13.7. The van der Waals surface area contributed by atoms with Crippen LogP contribution in [0, 0.1) is 22.7 Å². The Labute approximate surface area is 131 Å². The van der Waals surface area contributed by atoms with Crippen molar-refractivity contribution in [2.45, 2.75) is 39.5 Å². The SMILES string of the molecule is COC(=O)C[C@H]1C(=O)C=C[C@@H]2[C@]1(C)CCC[C@]2(C)C(=O)OC. The molecule has 1 saturated carbocycles. The molecule has 2 aliphatic rings. The van der Waals surface area contributed by atoms with Crippen LogP contribution in [0.25, 0.3) is 0 Å². The maximum Gasteiger partial charge on any atom is 0.312 e. The van der Waals surface area contributed by atoms with Gasteiger partial charge in [-0.15, -0.1) is 0 Å². The fourth-order valence-corrected chi connectivity index (χ4v) is 4.38. The van der Waals surface area contributed by atoms with E-state index < -0.39 is 16.7 Å². The molecule has 22 heavy (non-hydrogen) atoms. The molecule has 0 aromatic heterocycles. The fourth-order valence-electron chi connectivity index (χ4n) is 4.38. The van der Waals surface area contributed by atoms with Crippen LogP contribution in [-0.2, 0) is 23.9 Å². The molecule has 4 atom stereocenters. The van der Waals surface area contributed by atoms with Gasteiger partial charge in [0.25, 0.3) is 0 Å². The molecule has 0 heterocycles. The first-order valence-electron chi connectivity index (χ1n) is 7.67. The lowest BCUT2D eigenvalue weighted by atomic mass is 9.49. The van der Waals surface area contributed by atoms with Crippen molar-refractivity contribution in [1.82, 2.24) is 0 Å². The van der Waals surface area contributed by atoms with E-state index in [1.165, 1.54) is 20.3 Å². The Bertz CT molecular complexity index is 523. The van der Waals surface area contributed by atoms with E-state index in [9.17, 15) is 14.4 Å². The molecule has 0 radical (unpaired) electrons. The summed E-state index contributed by atoms with van der Waals surface area (Å²) in [5.41, 5.74) is -1.09. The minimum atomic E-state index is -0.659. The van der Waals surface area contributed by atoms with Crippen molar-refractivity contribution in [3.63, 3.8) is 0 Å². The topological polar surface area (TPSA) is 69.7 Å². The Hall–Kier alpha value is -1.65. The molecule has 5 heteroatoms. The average molecular weight is 308 g/mol. The smallest absolute Gasteiger partial charge is 0.312 e. The van der Waals surface area contributed by atoms with Crippen LogP contribution >= 0.6 is 0 Å². The highest BCUT2D eigenvalue weighted by Crippen LogP contribution is 2.58. The zero-order valence-corrected chi connectivity index (χ0v) is 13.7. The highest BCUT2D eigenvalue weighted by Gasteiger charge is 2.58. The number of ether oxygens (including phenoxy) is 2. The van der Waals surface area contributed by atoms with E-state index in [1.54, 1.807) is 0 Å². The minimum absolute atomic E-state index is 0.0572. The normalized spacial score (nSPS) is 37.4. The van der Waals surface area contributed by atoms with Gasteiger partial charge in [-0.3, -0.25) is 14.4 Å². The second kappa shape index (κ2) is 5.86. The average Bonchev–Trinajstić information content (AvgIpc) is 2.49. The van der Waals surface area contributed by atoms with Crippen LogP contribution in [0.5, 0.6) is 0 Å². The Kier molecular flexibility index (Phi) is 4.45. The van der Waals surface area contributed by atoms with Gasteiger partial charge in [-0.1, -0.05) is 19.4 Å². The predicted molar refractivity (Wildman–Crippen MR) is 79.8 cm³/mol. The van der Waals surface area contributed by atoms with Gasteiger partial charge in [-0.05, 0) is 37.2 Å². The second-order valence-corrected chi connectivity index (χ2v) is 6.84. The fraction of sp³-hybridized carbons (Fsp3) is 0.706. The van der Waals surface area contributed by atoms with Gasteiger partial charge in [-0.2, -0.15) is 0 Å². The Balaban J connectivity index is 2.43. The molecule has 1 fully saturated rings. The summed E-state index contributed by atoms with van der Waals surface area (Å²) < 4.78 is 9.74. The molecule has 0 aliphatic heterocycles. The number of methoxy groups -OCH3 is 2.